The van der Waals surface area contributed by atoms with E-state index in [9.17, 15) is 5.11 Å². The first-order valence-electron chi connectivity index (χ1n) is 5.48. The van der Waals surface area contributed by atoms with Gasteiger partial charge in [0, 0.05) is 20.1 Å². The molecule has 17 heavy (non-hydrogen) atoms. The minimum atomic E-state index is 0. The Morgan fingerprint density at radius 2 is 2.18 bits per heavy atom. The molecule has 0 atom stereocenters. The Morgan fingerprint density at radius 1 is 1.35 bits per heavy atom. The summed E-state index contributed by atoms with van der Waals surface area (Å²) >= 11 is 0. The molecule has 1 N–H and O–H groups in total. The lowest BCUT2D eigenvalue weighted by atomic mass is 10.2. The number of likely N-dealkylation sites (N-methyl/N-ethyl adjacent to an activating group) is 1. The molecule has 1 heterocycles. The Morgan fingerprint density at radius 3 is 2.88 bits per heavy atom. The second-order valence-corrected chi connectivity index (χ2v) is 3.94. The molecule has 0 fully saturated rings. The number of phenols is 1. The van der Waals surface area contributed by atoms with Gasteiger partial charge in [-0.3, -0.25) is 4.99 Å². The van der Waals surface area contributed by atoms with Crippen molar-refractivity contribution >= 4 is 24.3 Å². The molecule has 1 aromatic rings. The topological polar surface area (TPSA) is 35.8 Å². The standard InChI is InChI=1S/C13H16N2O.ClH/c1-15-9-3-8-14-13(15)7-6-11-4-2-5-12(16)10-11;/h2,4-7,10,16H,3,8-9H2,1H3;1H. The van der Waals surface area contributed by atoms with E-state index in [4.69, 9.17) is 0 Å². The van der Waals surface area contributed by atoms with Gasteiger partial charge in [0.15, 0.2) is 0 Å². The van der Waals surface area contributed by atoms with Crippen molar-refractivity contribution in [3.05, 3.63) is 35.9 Å². The molecule has 0 unspecified atom stereocenters. The lowest BCUT2D eigenvalue weighted by Gasteiger charge is -2.22. The SMILES string of the molecule is CN1CCCN=C1C=Cc1cccc(O)c1.Cl. The lowest BCUT2D eigenvalue weighted by Crippen LogP contribution is -2.30. The summed E-state index contributed by atoms with van der Waals surface area (Å²) in [6.45, 7) is 1.97. The first-order valence-corrected chi connectivity index (χ1v) is 5.48. The predicted octanol–water partition coefficient (Wildman–Crippen LogP) is 2.56. The minimum Gasteiger partial charge on any atom is -0.508 e. The van der Waals surface area contributed by atoms with E-state index in [0.717, 1.165) is 30.9 Å². The predicted molar refractivity (Wildman–Crippen MR) is 73.9 cm³/mol. The zero-order valence-electron chi connectivity index (χ0n) is 9.84. The molecule has 0 saturated carbocycles. The summed E-state index contributed by atoms with van der Waals surface area (Å²) in [5, 5.41) is 9.33. The maximum Gasteiger partial charge on any atom is 0.123 e. The van der Waals surface area contributed by atoms with Gasteiger partial charge in [0.2, 0.25) is 0 Å². The van der Waals surface area contributed by atoms with Gasteiger partial charge in [-0.1, -0.05) is 18.2 Å². The van der Waals surface area contributed by atoms with Crippen molar-refractivity contribution in [1.29, 1.82) is 0 Å². The first-order chi connectivity index (χ1) is 7.75. The quantitative estimate of drug-likeness (QED) is 0.878. The van der Waals surface area contributed by atoms with E-state index in [2.05, 4.69) is 9.89 Å². The van der Waals surface area contributed by atoms with Crippen molar-refractivity contribution in [2.24, 2.45) is 4.99 Å². The summed E-state index contributed by atoms with van der Waals surface area (Å²) in [5.74, 6) is 1.30. The summed E-state index contributed by atoms with van der Waals surface area (Å²) in [6, 6.07) is 7.20. The fraction of sp³-hybridized carbons (Fsp3) is 0.308. The summed E-state index contributed by atoms with van der Waals surface area (Å²) in [6.07, 6.45) is 5.09. The normalized spacial score (nSPS) is 15.6. The number of benzene rings is 1. The van der Waals surface area contributed by atoms with Crippen LogP contribution >= 0.6 is 12.4 Å². The number of aliphatic imine (C=N–C) groups is 1. The van der Waals surface area contributed by atoms with Crippen molar-refractivity contribution in [2.45, 2.75) is 6.42 Å². The number of aromatic hydroxyl groups is 1. The number of nitrogens with zero attached hydrogens (tertiary/aromatic N) is 2. The summed E-state index contributed by atoms with van der Waals surface area (Å²) in [7, 11) is 2.05. The second kappa shape index (κ2) is 6.30. The molecule has 0 aliphatic carbocycles. The third-order valence-electron chi connectivity index (χ3n) is 2.61. The molecular weight excluding hydrogens is 236 g/mol. The summed E-state index contributed by atoms with van der Waals surface area (Å²) in [4.78, 5) is 6.58. The van der Waals surface area contributed by atoms with E-state index in [1.807, 2.05) is 31.3 Å². The summed E-state index contributed by atoms with van der Waals surface area (Å²) in [5.41, 5.74) is 0.988. The Labute approximate surface area is 108 Å². The lowest BCUT2D eigenvalue weighted by molar-refractivity contribution is 0.470. The van der Waals surface area contributed by atoms with Crippen LogP contribution in [-0.2, 0) is 0 Å². The number of amidine groups is 1. The Balaban J connectivity index is 0.00000144. The Kier molecular flexibility index (Phi) is 5.04. The van der Waals surface area contributed by atoms with Crippen molar-refractivity contribution in [3.63, 3.8) is 0 Å². The van der Waals surface area contributed by atoms with Crippen LogP contribution < -0.4 is 0 Å². The van der Waals surface area contributed by atoms with E-state index in [0.29, 0.717) is 5.75 Å². The fourth-order valence-corrected chi connectivity index (χ4v) is 1.72. The minimum absolute atomic E-state index is 0. The highest BCUT2D eigenvalue weighted by Gasteiger charge is 2.06. The molecule has 92 valence electrons. The average molecular weight is 253 g/mol. The van der Waals surface area contributed by atoms with E-state index in [1.165, 1.54) is 0 Å². The molecule has 3 nitrogen and oxygen atoms in total. The Bertz CT molecular complexity index is 429. The number of halogens is 1. The van der Waals surface area contributed by atoms with Crippen LogP contribution in [0.1, 0.15) is 12.0 Å². The molecule has 0 aromatic heterocycles. The maximum absolute atomic E-state index is 9.33. The van der Waals surface area contributed by atoms with Crippen LogP contribution in [0.3, 0.4) is 0 Å². The van der Waals surface area contributed by atoms with Gasteiger partial charge in [0.25, 0.3) is 0 Å². The van der Waals surface area contributed by atoms with E-state index in [-0.39, 0.29) is 12.4 Å². The molecule has 0 spiro atoms. The van der Waals surface area contributed by atoms with E-state index in [1.54, 1.807) is 12.1 Å². The van der Waals surface area contributed by atoms with Crippen molar-refractivity contribution < 1.29 is 5.11 Å². The third kappa shape index (κ3) is 3.79. The number of phenolic OH excluding ortho intramolecular Hbond substituents is 1. The van der Waals surface area contributed by atoms with Crippen LogP contribution in [0.25, 0.3) is 6.08 Å². The van der Waals surface area contributed by atoms with Gasteiger partial charge >= 0.3 is 0 Å². The van der Waals surface area contributed by atoms with Crippen LogP contribution in [-0.4, -0.2) is 36.0 Å². The molecule has 1 aliphatic heterocycles. The molecule has 4 heteroatoms. The van der Waals surface area contributed by atoms with Crippen LogP contribution in [0.15, 0.2) is 35.3 Å². The summed E-state index contributed by atoms with van der Waals surface area (Å²) < 4.78 is 0. The molecule has 1 aromatic carbocycles. The molecule has 0 bridgehead atoms. The molecule has 0 radical (unpaired) electrons. The van der Waals surface area contributed by atoms with Gasteiger partial charge in [0.05, 0.1) is 0 Å². The number of hydrogen-bond acceptors (Lipinski definition) is 3. The van der Waals surface area contributed by atoms with Gasteiger partial charge in [0.1, 0.15) is 11.6 Å². The van der Waals surface area contributed by atoms with Crippen molar-refractivity contribution in [3.8, 4) is 5.75 Å². The molecule has 2 rings (SSSR count). The zero-order chi connectivity index (χ0) is 11.4. The van der Waals surface area contributed by atoms with Gasteiger partial charge in [-0.25, -0.2) is 0 Å². The largest absolute Gasteiger partial charge is 0.508 e. The number of hydrogen-bond donors (Lipinski definition) is 1. The van der Waals surface area contributed by atoms with Gasteiger partial charge in [-0.2, -0.15) is 0 Å². The van der Waals surface area contributed by atoms with E-state index < -0.39 is 0 Å². The van der Waals surface area contributed by atoms with Crippen LogP contribution in [0.5, 0.6) is 5.75 Å². The van der Waals surface area contributed by atoms with Crippen molar-refractivity contribution in [2.75, 3.05) is 20.1 Å². The van der Waals surface area contributed by atoms with Crippen molar-refractivity contribution in [1.82, 2.24) is 4.90 Å². The third-order valence-corrected chi connectivity index (χ3v) is 2.61. The molecular formula is C13H17ClN2O. The second-order valence-electron chi connectivity index (χ2n) is 3.94. The van der Waals surface area contributed by atoms with Crippen LogP contribution in [0, 0.1) is 0 Å². The highest BCUT2D eigenvalue weighted by molar-refractivity contribution is 5.96. The highest BCUT2D eigenvalue weighted by Crippen LogP contribution is 2.12. The van der Waals surface area contributed by atoms with E-state index >= 15 is 0 Å². The van der Waals surface area contributed by atoms with Crippen LogP contribution in [0.4, 0.5) is 0 Å². The smallest absolute Gasteiger partial charge is 0.123 e. The molecule has 0 saturated heterocycles. The highest BCUT2D eigenvalue weighted by atomic mass is 35.5. The average Bonchev–Trinajstić information content (AvgIpc) is 2.28. The molecule has 0 amide bonds. The van der Waals surface area contributed by atoms with Gasteiger partial charge in [-0.15, -0.1) is 12.4 Å². The maximum atomic E-state index is 9.33. The fourth-order valence-electron chi connectivity index (χ4n) is 1.72. The number of rotatable bonds is 2. The Hall–Kier alpha value is -1.48. The van der Waals surface area contributed by atoms with Gasteiger partial charge in [-0.05, 0) is 30.2 Å². The first kappa shape index (κ1) is 13.6. The van der Waals surface area contributed by atoms with Crippen LogP contribution in [0.2, 0.25) is 0 Å². The molecule has 1 aliphatic rings. The zero-order valence-corrected chi connectivity index (χ0v) is 10.7. The van der Waals surface area contributed by atoms with Gasteiger partial charge < -0.3 is 10.0 Å². The monoisotopic (exact) mass is 252 g/mol.